The van der Waals surface area contributed by atoms with Gasteiger partial charge in [0, 0.05) is 36.1 Å². The Morgan fingerprint density at radius 2 is 2.09 bits per heavy atom. The molecule has 8 heteroatoms. The van der Waals surface area contributed by atoms with Crippen LogP contribution in [0.5, 0.6) is 5.75 Å². The van der Waals surface area contributed by atoms with Gasteiger partial charge in [-0.1, -0.05) is 6.92 Å². The summed E-state index contributed by atoms with van der Waals surface area (Å²) in [5.74, 6) is 0.540. The molecule has 0 spiro atoms. The lowest BCUT2D eigenvalue weighted by atomic mass is 9.62. The molecule has 3 aromatic heterocycles. The average molecular weight is 463 g/mol. The summed E-state index contributed by atoms with van der Waals surface area (Å²) in [7, 11) is 0. The fourth-order valence-electron chi connectivity index (χ4n) is 5.69. The van der Waals surface area contributed by atoms with Gasteiger partial charge in [0.05, 0.1) is 29.6 Å². The Hall–Kier alpha value is -3.13. The molecule has 3 aromatic rings. The number of imidazole rings is 1. The highest BCUT2D eigenvalue weighted by Crippen LogP contribution is 2.58. The minimum Gasteiger partial charge on any atom is -0.490 e. The van der Waals surface area contributed by atoms with E-state index in [4.69, 9.17) is 14.5 Å². The van der Waals surface area contributed by atoms with E-state index < -0.39 is 0 Å². The molecule has 2 bridgehead atoms. The molecular weight excluding hydrogens is 432 g/mol. The Morgan fingerprint density at radius 1 is 1.32 bits per heavy atom. The van der Waals surface area contributed by atoms with E-state index in [9.17, 15) is 9.59 Å². The van der Waals surface area contributed by atoms with Gasteiger partial charge in [-0.15, -0.1) is 0 Å². The number of anilines is 1. The fraction of sp³-hybridized carbons (Fsp3) is 0.500. The van der Waals surface area contributed by atoms with Crippen LogP contribution < -0.4 is 15.6 Å². The molecule has 2 saturated carbocycles. The van der Waals surface area contributed by atoms with Gasteiger partial charge in [0.1, 0.15) is 17.1 Å². The maximum Gasteiger partial charge on any atom is 0.274 e. The van der Waals surface area contributed by atoms with Gasteiger partial charge in [-0.3, -0.25) is 9.59 Å². The lowest BCUT2D eigenvalue weighted by Gasteiger charge is -2.41. The Morgan fingerprint density at radius 3 is 2.74 bits per heavy atom. The predicted octanol–water partition coefficient (Wildman–Crippen LogP) is 3.94. The van der Waals surface area contributed by atoms with Crippen molar-refractivity contribution in [3.05, 3.63) is 58.4 Å². The largest absolute Gasteiger partial charge is 0.490 e. The minimum atomic E-state index is -0.384. The molecule has 7 rings (SSSR count). The van der Waals surface area contributed by atoms with Crippen molar-refractivity contribution in [3.63, 3.8) is 0 Å². The summed E-state index contributed by atoms with van der Waals surface area (Å²) in [6.45, 7) is 8.77. The molecule has 5 heterocycles. The summed E-state index contributed by atoms with van der Waals surface area (Å²) in [5.41, 5.74) is 2.07. The third-order valence-corrected chi connectivity index (χ3v) is 7.47. The standard InChI is InChI=1S/C26H30N4O4/c1-15(2)34-20-9-22-28-21(26-12-25(4,13-26)33-14-26)11-29(22)10-17(20)23(31)27-18-6-5-7-30(24(18)32)19-8-16(19)3/h5-7,9-11,15-16,19H,8,12-14H2,1-4H3,(H,27,31)/t16-,19+,25?,26?/m0/s1. The van der Waals surface area contributed by atoms with Gasteiger partial charge >= 0.3 is 0 Å². The molecule has 178 valence electrons. The molecule has 0 aromatic carbocycles. The van der Waals surface area contributed by atoms with Gasteiger partial charge in [0.2, 0.25) is 0 Å². The van der Waals surface area contributed by atoms with Crippen LogP contribution in [0, 0.1) is 5.92 Å². The number of carbonyl (C=O) groups is 1. The van der Waals surface area contributed by atoms with Crippen molar-refractivity contribution in [1.29, 1.82) is 0 Å². The van der Waals surface area contributed by atoms with Crippen LogP contribution in [-0.4, -0.2) is 38.2 Å². The van der Waals surface area contributed by atoms with Gasteiger partial charge < -0.3 is 23.8 Å². The third kappa shape index (κ3) is 3.35. The molecule has 0 unspecified atom stereocenters. The minimum absolute atomic E-state index is 0.0341. The van der Waals surface area contributed by atoms with Crippen LogP contribution in [0.4, 0.5) is 5.69 Å². The highest BCUT2D eigenvalue weighted by Gasteiger charge is 2.61. The second-order valence-electron chi connectivity index (χ2n) is 10.9. The van der Waals surface area contributed by atoms with Crippen LogP contribution in [-0.2, 0) is 10.2 Å². The van der Waals surface area contributed by atoms with Gasteiger partial charge in [0.15, 0.2) is 0 Å². The summed E-state index contributed by atoms with van der Waals surface area (Å²) in [5, 5.41) is 2.82. The lowest BCUT2D eigenvalue weighted by molar-refractivity contribution is 0.0154. The number of hydrogen-bond donors (Lipinski definition) is 1. The van der Waals surface area contributed by atoms with Crippen molar-refractivity contribution in [2.45, 2.75) is 70.1 Å². The van der Waals surface area contributed by atoms with E-state index in [2.05, 4.69) is 19.2 Å². The molecule has 2 aliphatic carbocycles. The second kappa shape index (κ2) is 7.18. The number of rotatable bonds is 6. The first kappa shape index (κ1) is 21.4. The average Bonchev–Trinajstić information content (AvgIpc) is 3.08. The smallest absolute Gasteiger partial charge is 0.274 e. The molecule has 2 aliphatic heterocycles. The number of fused-ring (bicyclic) bond motifs is 2. The highest BCUT2D eigenvalue weighted by atomic mass is 16.5. The first-order valence-corrected chi connectivity index (χ1v) is 12.0. The molecular formula is C26H30N4O4. The van der Waals surface area contributed by atoms with E-state index in [1.54, 1.807) is 35.2 Å². The Labute approximate surface area is 197 Å². The molecule has 34 heavy (non-hydrogen) atoms. The van der Waals surface area contributed by atoms with Crippen LogP contribution in [0.2, 0.25) is 0 Å². The number of nitrogens with one attached hydrogen (secondary N) is 1. The number of hydrogen-bond acceptors (Lipinski definition) is 5. The van der Waals surface area contributed by atoms with E-state index in [1.807, 2.05) is 24.4 Å². The number of aromatic nitrogens is 3. The van der Waals surface area contributed by atoms with E-state index in [1.165, 1.54) is 0 Å². The van der Waals surface area contributed by atoms with Crippen LogP contribution in [0.25, 0.3) is 5.65 Å². The summed E-state index contributed by atoms with van der Waals surface area (Å²) in [6, 6.07) is 5.46. The van der Waals surface area contributed by atoms with Crippen LogP contribution in [0.15, 0.2) is 41.6 Å². The predicted molar refractivity (Wildman–Crippen MR) is 128 cm³/mol. The van der Waals surface area contributed by atoms with E-state index in [0.717, 1.165) is 30.6 Å². The zero-order chi connectivity index (χ0) is 23.8. The third-order valence-electron chi connectivity index (χ3n) is 7.47. The van der Waals surface area contributed by atoms with Crippen LogP contribution in [0.1, 0.15) is 69.1 Å². The van der Waals surface area contributed by atoms with Crippen LogP contribution >= 0.6 is 0 Å². The quantitative estimate of drug-likeness (QED) is 0.600. The van der Waals surface area contributed by atoms with Crippen molar-refractivity contribution >= 4 is 17.2 Å². The second-order valence-corrected chi connectivity index (χ2v) is 10.9. The molecule has 0 radical (unpaired) electrons. The van der Waals surface area contributed by atoms with Gasteiger partial charge in [0.25, 0.3) is 11.5 Å². The highest BCUT2D eigenvalue weighted by molar-refractivity contribution is 6.06. The summed E-state index contributed by atoms with van der Waals surface area (Å²) in [4.78, 5) is 31.2. The Balaban J connectivity index is 1.35. The molecule has 4 aliphatic rings. The van der Waals surface area contributed by atoms with Crippen molar-refractivity contribution in [3.8, 4) is 5.75 Å². The van der Waals surface area contributed by atoms with Crippen molar-refractivity contribution in [2.75, 3.05) is 11.9 Å². The number of amides is 1. The van der Waals surface area contributed by atoms with E-state index in [-0.39, 0.29) is 40.3 Å². The van der Waals surface area contributed by atoms with Crippen molar-refractivity contribution in [2.24, 2.45) is 5.92 Å². The van der Waals surface area contributed by atoms with Crippen molar-refractivity contribution in [1.82, 2.24) is 14.0 Å². The summed E-state index contributed by atoms with van der Waals surface area (Å²) >= 11 is 0. The molecule has 1 amide bonds. The normalized spacial score (nSPS) is 29.3. The zero-order valence-electron chi connectivity index (χ0n) is 20.0. The van der Waals surface area contributed by atoms with Gasteiger partial charge in [-0.05, 0) is 58.1 Å². The molecule has 4 fully saturated rings. The maximum absolute atomic E-state index is 13.4. The molecule has 1 N–H and O–H groups in total. The van der Waals surface area contributed by atoms with Gasteiger partial charge in [-0.2, -0.15) is 0 Å². The number of carbonyl (C=O) groups excluding carboxylic acids is 1. The molecule has 2 atom stereocenters. The Kier molecular flexibility index (Phi) is 4.52. The van der Waals surface area contributed by atoms with E-state index >= 15 is 0 Å². The van der Waals surface area contributed by atoms with Gasteiger partial charge in [-0.25, -0.2) is 4.98 Å². The van der Waals surface area contributed by atoms with Crippen molar-refractivity contribution < 1.29 is 14.3 Å². The molecule has 2 saturated heterocycles. The first-order chi connectivity index (χ1) is 16.2. The van der Waals surface area contributed by atoms with E-state index in [0.29, 0.717) is 23.8 Å². The summed E-state index contributed by atoms with van der Waals surface area (Å²) < 4.78 is 15.5. The maximum atomic E-state index is 13.4. The number of pyridine rings is 2. The monoisotopic (exact) mass is 462 g/mol. The SMILES string of the molecule is CC(C)Oc1cc2nc(C34COC(C)(C3)C4)cn2cc1C(=O)Nc1cccn([C@@H]2C[C@@H]2C)c1=O. The number of ether oxygens (including phenoxy) is 2. The fourth-order valence-corrected chi connectivity index (χ4v) is 5.69. The lowest BCUT2D eigenvalue weighted by Crippen LogP contribution is -2.45. The van der Waals surface area contributed by atoms with Crippen LogP contribution in [0.3, 0.4) is 0 Å². The Bertz CT molecular complexity index is 1360. The summed E-state index contributed by atoms with van der Waals surface area (Å²) in [6.07, 6.45) is 8.31. The molecule has 8 nitrogen and oxygen atoms in total. The number of nitrogens with zero attached hydrogens (tertiary/aromatic N) is 3. The topological polar surface area (TPSA) is 86.9 Å². The first-order valence-electron chi connectivity index (χ1n) is 12.0. The zero-order valence-corrected chi connectivity index (χ0v) is 20.0.